The topological polar surface area (TPSA) is 84.7 Å². The van der Waals surface area contributed by atoms with Crippen molar-refractivity contribution in [3.8, 4) is 23.0 Å². The largest absolute Gasteiger partial charge is 0.497 e. The van der Waals surface area contributed by atoms with Crippen LogP contribution in [-0.4, -0.2) is 47.6 Å². The molecule has 0 fully saturated rings. The summed E-state index contributed by atoms with van der Waals surface area (Å²) in [6.07, 6.45) is 0. The predicted octanol–water partition coefficient (Wildman–Crippen LogP) is 3.88. The first-order valence-corrected chi connectivity index (χ1v) is 10.6. The number of methoxy groups -OCH3 is 3. The van der Waals surface area contributed by atoms with Gasteiger partial charge in [0, 0.05) is 12.6 Å². The van der Waals surface area contributed by atoms with Gasteiger partial charge in [-0.1, -0.05) is 17.8 Å². The van der Waals surface area contributed by atoms with E-state index in [-0.39, 0.29) is 18.1 Å². The van der Waals surface area contributed by atoms with Gasteiger partial charge in [-0.05, 0) is 37.3 Å². The van der Waals surface area contributed by atoms with Crippen molar-refractivity contribution in [2.24, 2.45) is 0 Å². The summed E-state index contributed by atoms with van der Waals surface area (Å²) in [7, 11) is 4.70. The zero-order valence-corrected chi connectivity index (χ0v) is 18.8. The maximum absolute atomic E-state index is 12.8. The molecule has 2 aromatic carbocycles. The van der Waals surface area contributed by atoms with Crippen LogP contribution in [-0.2, 0) is 13.2 Å². The Labute approximate surface area is 185 Å². The van der Waals surface area contributed by atoms with Crippen molar-refractivity contribution in [1.29, 1.82) is 0 Å². The summed E-state index contributed by atoms with van der Waals surface area (Å²) in [5.41, 5.74) is 0.471. The number of nitrogens with zero attached hydrogens (tertiary/aromatic N) is 3. The van der Waals surface area contributed by atoms with Crippen LogP contribution in [0.15, 0.2) is 47.6 Å². The summed E-state index contributed by atoms with van der Waals surface area (Å²) in [6.45, 7) is 2.91. The van der Waals surface area contributed by atoms with Crippen LogP contribution in [0.1, 0.15) is 23.1 Å². The number of ketones is 1. The number of carbonyl (C=O) groups excluding carboxylic acids is 1. The van der Waals surface area contributed by atoms with Gasteiger partial charge in [0.25, 0.3) is 0 Å². The van der Waals surface area contributed by atoms with Crippen molar-refractivity contribution < 1.29 is 23.7 Å². The molecule has 0 atom stereocenters. The lowest BCUT2D eigenvalue weighted by atomic mass is 10.1. The molecule has 0 aliphatic carbocycles. The van der Waals surface area contributed by atoms with E-state index in [2.05, 4.69) is 10.2 Å². The van der Waals surface area contributed by atoms with Gasteiger partial charge in [-0.25, -0.2) is 0 Å². The lowest BCUT2D eigenvalue weighted by Crippen LogP contribution is -2.09. The lowest BCUT2D eigenvalue weighted by Gasteiger charge is -2.11. The molecule has 8 nitrogen and oxygen atoms in total. The van der Waals surface area contributed by atoms with Crippen LogP contribution >= 0.6 is 11.8 Å². The van der Waals surface area contributed by atoms with E-state index in [9.17, 15) is 4.79 Å². The second-order valence-electron chi connectivity index (χ2n) is 6.39. The van der Waals surface area contributed by atoms with Gasteiger partial charge in [0.1, 0.15) is 29.6 Å². The van der Waals surface area contributed by atoms with E-state index >= 15 is 0 Å². The van der Waals surface area contributed by atoms with Gasteiger partial charge in [-0.2, -0.15) is 0 Å². The highest BCUT2D eigenvalue weighted by atomic mass is 32.2. The van der Waals surface area contributed by atoms with Gasteiger partial charge in [-0.3, -0.25) is 4.79 Å². The van der Waals surface area contributed by atoms with Crippen molar-refractivity contribution in [3.63, 3.8) is 0 Å². The molecule has 31 heavy (non-hydrogen) atoms. The van der Waals surface area contributed by atoms with Gasteiger partial charge in [-0.15, -0.1) is 10.2 Å². The maximum Gasteiger partial charge on any atom is 0.191 e. The van der Waals surface area contributed by atoms with E-state index < -0.39 is 0 Å². The van der Waals surface area contributed by atoms with Crippen LogP contribution in [0.25, 0.3) is 0 Å². The van der Waals surface area contributed by atoms with Crippen LogP contribution < -0.4 is 18.9 Å². The molecule has 1 aromatic heterocycles. The first-order chi connectivity index (χ1) is 15.1. The molecular formula is C22H25N3O5S. The molecule has 0 saturated carbocycles. The minimum Gasteiger partial charge on any atom is -0.497 e. The SMILES string of the molecule is CCn1c(COc2cccc(OC)c2)nnc1SCC(=O)c1cc(OC)ccc1OC. The molecule has 0 unspecified atom stereocenters. The summed E-state index contributed by atoms with van der Waals surface area (Å²) in [6, 6.07) is 12.5. The molecule has 0 saturated heterocycles. The van der Waals surface area contributed by atoms with Gasteiger partial charge in [0.15, 0.2) is 16.8 Å². The second kappa shape index (κ2) is 10.7. The molecule has 0 aliphatic rings. The third-order valence-corrected chi connectivity index (χ3v) is 5.52. The zero-order chi connectivity index (χ0) is 22.2. The molecule has 0 amide bonds. The van der Waals surface area contributed by atoms with Crippen LogP contribution in [0.3, 0.4) is 0 Å². The number of Topliss-reactive ketones (excluding diaryl/α,β-unsaturated/α-hetero) is 1. The van der Waals surface area contributed by atoms with E-state index in [0.717, 1.165) is 5.75 Å². The average Bonchev–Trinajstić information content (AvgIpc) is 3.22. The van der Waals surface area contributed by atoms with Gasteiger partial charge >= 0.3 is 0 Å². The van der Waals surface area contributed by atoms with E-state index in [4.69, 9.17) is 18.9 Å². The standard InChI is InChI=1S/C22H25N3O5S/c1-5-25-21(13-30-17-8-6-7-15(11-17)27-2)23-24-22(25)31-14-19(26)18-12-16(28-3)9-10-20(18)29-4/h6-12H,5,13-14H2,1-4H3. The number of ether oxygens (including phenoxy) is 4. The van der Waals surface area contributed by atoms with E-state index in [1.807, 2.05) is 35.8 Å². The van der Waals surface area contributed by atoms with E-state index in [1.54, 1.807) is 32.4 Å². The average molecular weight is 444 g/mol. The molecule has 0 spiro atoms. The Hall–Kier alpha value is -3.20. The fourth-order valence-electron chi connectivity index (χ4n) is 2.93. The first-order valence-electron chi connectivity index (χ1n) is 9.66. The van der Waals surface area contributed by atoms with Crippen molar-refractivity contribution in [3.05, 3.63) is 53.9 Å². The number of rotatable bonds is 11. The minimum absolute atomic E-state index is 0.0828. The third kappa shape index (κ3) is 5.49. The van der Waals surface area contributed by atoms with E-state index in [1.165, 1.54) is 18.9 Å². The lowest BCUT2D eigenvalue weighted by molar-refractivity contribution is 0.101. The smallest absolute Gasteiger partial charge is 0.191 e. The van der Waals surface area contributed by atoms with Gasteiger partial charge < -0.3 is 23.5 Å². The molecule has 0 radical (unpaired) electrons. The summed E-state index contributed by atoms with van der Waals surface area (Å²) in [4.78, 5) is 12.8. The Morgan fingerprint density at radius 3 is 2.42 bits per heavy atom. The monoisotopic (exact) mass is 443 g/mol. The van der Waals surface area contributed by atoms with Crippen molar-refractivity contribution in [2.45, 2.75) is 25.2 Å². The maximum atomic E-state index is 12.8. The number of hydrogen-bond acceptors (Lipinski definition) is 8. The molecule has 164 valence electrons. The fourth-order valence-corrected chi connectivity index (χ4v) is 3.83. The Bertz CT molecular complexity index is 1040. The Morgan fingerprint density at radius 2 is 1.71 bits per heavy atom. The van der Waals surface area contributed by atoms with Crippen molar-refractivity contribution >= 4 is 17.5 Å². The summed E-state index contributed by atoms with van der Waals surface area (Å²) in [5, 5.41) is 9.13. The summed E-state index contributed by atoms with van der Waals surface area (Å²) < 4.78 is 23.5. The second-order valence-corrected chi connectivity index (χ2v) is 7.33. The molecule has 0 bridgehead atoms. The highest BCUT2D eigenvalue weighted by Gasteiger charge is 2.17. The van der Waals surface area contributed by atoms with Crippen molar-refractivity contribution in [1.82, 2.24) is 14.8 Å². The number of thioether (sulfide) groups is 1. The highest BCUT2D eigenvalue weighted by Crippen LogP contribution is 2.27. The van der Waals surface area contributed by atoms with Crippen LogP contribution in [0.4, 0.5) is 0 Å². The van der Waals surface area contributed by atoms with Crippen LogP contribution in [0.2, 0.25) is 0 Å². The zero-order valence-electron chi connectivity index (χ0n) is 18.0. The number of benzene rings is 2. The molecule has 1 heterocycles. The summed E-state index contributed by atoms with van der Waals surface area (Å²) in [5.74, 6) is 3.30. The van der Waals surface area contributed by atoms with Gasteiger partial charge in [0.2, 0.25) is 0 Å². The molecular weight excluding hydrogens is 418 g/mol. The van der Waals surface area contributed by atoms with Crippen molar-refractivity contribution in [2.75, 3.05) is 27.1 Å². The number of carbonyl (C=O) groups is 1. The van der Waals surface area contributed by atoms with Crippen LogP contribution in [0, 0.1) is 0 Å². The van der Waals surface area contributed by atoms with E-state index in [0.29, 0.717) is 40.3 Å². The van der Waals surface area contributed by atoms with Gasteiger partial charge in [0.05, 0.1) is 32.6 Å². The highest BCUT2D eigenvalue weighted by molar-refractivity contribution is 7.99. The Balaban J connectivity index is 1.67. The molecule has 3 rings (SSSR count). The quantitative estimate of drug-likeness (QED) is 0.326. The normalized spacial score (nSPS) is 10.6. The third-order valence-electron chi connectivity index (χ3n) is 4.56. The number of aromatic nitrogens is 3. The molecule has 3 aromatic rings. The van der Waals surface area contributed by atoms with Crippen LogP contribution in [0.5, 0.6) is 23.0 Å². The molecule has 0 N–H and O–H groups in total. The fraction of sp³-hybridized carbons (Fsp3) is 0.318. The first kappa shape index (κ1) is 22.5. The predicted molar refractivity (Wildman–Crippen MR) is 118 cm³/mol. The minimum atomic E-state index is -0.0828. The Morgan fingerprint density at radius 1 is 0.968 bits per heavy atom. The summed E-state index contributed by atoms with van der Waals surface area (Å²) >= 11 is 1.32. The molecule has 9 heteroatoms. The number of hydrogen-bond donors (Lipinski definition) is 0. The molecule has 0 aliphatic heterocycles. The Kier molecular flexibility index (Phi) is 7.77.